The van der Waals surface area contributed by atoms with Gasteiger partial charge >= 0.3 is 0 Å². The molecular formula is C19H23N3O. The fraction of sp³-hybridized carbons (Fsp3) is 0.421. The molecule has 0 saturated heterocycles. The van der Waals surface area contributed by atoms with Gasteiger partial charge in [-0.05, 0) is 54.5 Å². The van der Waals surface area contributed by atoms with Gasteiger partial charge in [0.1, 0.15) is 0 Å². The third kappa shape index (κ3) is 3.32. The Bertz CT molecular complexity index is 776. The first kappa shape index (κ1) is 14.5. The second kappa shape index (κ2) is 5.85. The first-order valence-corrected chi connectivity index (χ1v) is 8.45. The van der Waals surface area contributed by atoms with E-state index in [2.05, 4.69) is 28.4 Å². The zero-order chi connectivity index (χ0) is 15.8. The van der Waals surface area contributed by atoms with Gasteiger partial charge in [-0.15, -0.1) is 0 Å². The summed E-state index contributed by atoms with van der Waals surface area (Å²) in [5, 5.41) is 3.41. The van der Waals surface area contributed by atoms with E-state index in [-0.39, 0.29) is 5.56 Å². The number of hydrogen-bond donors (Lipinski definition) is 1. The van der Waals surface area contributed by atoms with Gasteiger partial charge in [-0.25, -0.2) is 0 Å². The summed E-state index contributed by atoms with van der Waals surface area (Å²) >= 11 is 0. The van der Waals surface area contributed by atoms with Gasteiger partial charge in [0, 0.05) is 44.6 Å². The quantitative estimate of drug-likeness (QED) is 0.943. The average Bonchev–Trinajstić information content (AvgIpc) is 3.35. The SMILES string of the molecule is Cn1cc(Nc2ccc3c(c2)CN(CC2CC2)CC3)ccc1=O. The standard InChI is InChI=1S/C19H23N3O/c1-21-13-18(6-7-19(21)23)20-17-5-4-15-8-9-22(11-14-2-3-14)12-16(15)10-17/h4-7,10,13-14,20H,2-3,8-9,11-12H2,1H3. The smallest absolute Gasteiger partial charge is 0.250 e. The van der Waals surface area contributed by atoms with Crippen molar-refractivity contribution < 1.29 is 0 Å². The van der Waals surface area contributed by atoms with Crippen LogP contribution in [0, 0.1) is 5.92 Å². The number of aryl methyl sites for hydroxylation is 1. The van der Waals surface area contributed by atoms with E-state index < -0.39 is 0 Å². The van der Waals surface area contributed by atoms with Gasteiger partial charge in [0.2, 0.25) is 5.56 Å². The number of hydrogen-bond acceptors (Lipinski definition) is 3. The average molecular weight is 309 g/mol. The van der Waals surface area contributed by atoms with Crippen LogP contribution < -0.4 is 10.9 Å². The summed E-state index contributed by atoms with van der Waals surface area (Å²) in [6, 6.07) is 10.1. The molecule has 1 fully saturated rings. The van der Waals surface area contributed by atoms with Gasteiger partial charge in [0.25, 0.3) is 0 Å². The number of rotatable bonds is 4. The highest BCUT2D eigenvalue weighted by Crippen LogP contribution is 2.32. The van der Waals surface area contributed by atoms with Crippen molar-refractivity contribution in [1.82, 2.24) is 9.47 Å². The van der Waals surface area contributed by atoms with Crippen LogP contribution in [0.4, 0.5) is 11.4 Å². The fourth-order valence-corrected chi connectivity index (χ4v) is 3.35. The molecule has 0 radical (unpaired) electrons. The maximum atomic E-state index is 11.5. The molecule has 2 heterocycles. The van der Waals surface area contributed by atoms with E-state index in [0.29, 0.717) is 0 Å². The van der Waals surface area contributed by atoms with E-state index in [1.165, 1.54) is 37.1 Å². The normalized spacial score (nSPS) is 17.8. The molecule has 1 saturated carbocycles. The Labute approximate surface area is 136 Å². The lowest BCUT2D eigenvalue weighted by molar-refractivity contribution is 0.244. The fourth-order valence-electron chi connectivity index (χ4n) is 3.35. The topological polar surface area (TPSA) is 37.3 Å². The van der Waals surface area contributed by atoms with E-state index in [4.69, 9.17) is 0 Å². The van der Waals surface area contributed by atoms with Crippen LogP contribution in [-0.4, -0.2) is 22.6 Å². The second-order valence-corrected chi connectivity index (χ2v) is 6.90. The Hall–Kier alpha value is -2.07. The lowest BCUT2D eigenvalue weighted by Gasteiger charge is -2.29. The van der Waals surface area contributed by atoms with Crippen LogP contribution in [0.5, 0.6) is 0 Å². The minimum atomic E-state index is 0.0108. The Morgan fingerprint density at radius 2 is 1.96 bits per heavy atom. The minimum Gasteiger partial charge on any atom is -0.354 e. The maximum absolute atomic E-state index is 11.5. The third-order valence-corrected chi connectivity index (χ3v) is 4.89. The molecule has 4 nitrogen and oxygen atoms in total. The number of aromatic nitrogens is 1. The van der Waals surface area contributed by atoms with E-state index in [9.17, 15) is 4.79 Å². The van der Waals surface area contributed by atoms with Crippen LogP contribution in [0.1, 0.15) is 24.0 Å². The molecule has 4 rings (SSSR count). The van der Waals surface area contributed by atoms with Crippen molar-refractivity contribution in [2.75, 3.05) is 18.4 Å². The maximum Gasteiger partial charge on any atom is 0.250 e. The predicted molar refractivity (Wildman–Crippen MR) is 93.1 cm³/mol. The number of benzene rings is 1. The monoisotopic (exact) mass is 309 g/mol. The molecule has 0 bridgehead atoms. The highest BCUT2D eigenvalue weighted by molar-refractivity contribution is 5.60. The zero-order valence-electron chi connectivity index (χ0n) is 13.6. The summed E-state index contributed by atoms with van der Waals surface area (Å²) in [6.07, 6.45) is 5.82. The molecule has 120 valence electrons. The summed E-state index contributed by atoms with van der Waals surface area (Å²) in [7, 11) is 1.77. The van der Waals surface area contributed by atoms with Crippen molar-refractivity contribution in [2.45, 2.75) is 25.8 Å². The summed E-state index contributed by atoms with van der Waals surface area (Å²) in [5.41, 5.74) is 4.96. The lowest BCUT2D eigenvalue weighted by Crippen LogP contribution is -2.32. The number of nitrogens with zero attached hydrogens (tertiary/aromatic N) is 2. The molecule has 4 heteroatoms. The molecule has 1 aliphatic carbocycles. The summed E-state index contributed by atoms with van der Waals surface area (Å²) < 4.78 is 1.60. The van der Waals surface area contributed by atoms with Gasteiger partial charge in [-0.1, -0.05) is 6.07 Å². The van der Waals surface area contributed by atoms with Crippen LogP contribution >= 0.6 is 0 Å². The summed E-state index contributed by atoms with van der Waals surface area (Å²) in [6.45, 7) is 3.52. The molecule has 1 aliphatic heterocycles. The van der Waals surface area contributed by atoms with Gasteiger partial charge in [0.05, 0.1) is 5.69 Å². The number of fused-ring (bicyclic) bond motifs is 1. The van der Waals surface area contributed by atoms with E-state index in [1.54, 1.807) is 17.7 Å². The Morgan fingerprint density at radius 3 is 2.74 bits per heavy atom. The second-order valence-electron chi connectivity index (χ2n) is 6.90. The molecule has 0 spiro atoms. The lowest BCUT2D eigenvalue weighted by atomic mass is 9.99. The summed E-state index contributed by atoms with van der Waals surface area (Å²) in [4.78, 5) is 14.1. The predicted octanol–water partition coefficient (Wildman–Crippen LogP) is 2.90. The van der Waals surface area contributed by atoms with Crippen molar-refractivity contribution in [3.8, 4) is 0 Å². The molecular weight excluding hydrogens is 286 g/mol. The van der Waals surface area contributed by atoms with Crippen LogP contribution in [0.15, 0.2) is 41.3 Å². The summed E-state index contributed by atoms with van der Waals surface area (Å²) in [5.74, 6) is 0.948. The first-order chi connectivity index (χ1) is 11.2. The van der Waals surface area contributed by atoms with Crippen molar-refractivity contribution in [3.05, 3.63) is 58.0 Å². The minimum absolute atomic E-state index is 0.0108. The van der Waals surface area contributed by atoms with Crippen molar-refractivity contribution in [3.63, 3.8) is 0 Å². The third-order valence-electron chi connectivity index (χ3n) is 4.89. The molecule has 23 heavy (non-hydrogen) atoms. The number of nitrogens with one attached hydrogen (secondary N) is 1. The molecule has 2 aliphatic rings. The van der Waals surface area contributed by atoms with Crippen LogP contribution in [-0.2, 0) is 20.0 Å². The number of pyridine rings is 1. The van der Waals surface area contributed by atoms with Gasteiger partial charge in [-0.2, -0.15) is 0 Å². The largest absolute Gasteiger partial charge is 0.354 e. The van der Waals surface area contributed by atoms with Crippen molar-refractivity contribution in [2.24, 2.45) is 13.0 Å². The Kier molecular flexibility index (Phi) is 3.69. The molecule has 1 aromatic heterocycles. The molecule has 0 unspecified atom stereocenters. The van der Waals surface area contributed by atoms with Crippen LogP contribution in [0.25, 0.3) is 0 Å². The number of anilines is 2. The molecule has 2 aromatic rings. The Morgan fingerprint density at radius 1 is 1.13 bits per heavy atom. The molecule has 1 aromatic carbocycles. The van der Waals surface area contributed by atoms with E-state index >= 15 is 0 Å². The van der Waals surface area contributed by atoms with E-state index in [0.717, 1.165) is 30.3 Å². The van der Waals surface area contributed by atoms with Crippen molar-refractivity contribution >= 4 is 11.4 Å². The Balaban J connectivity index is 1.51. The van der Waals surface area contributed by atoms with Crippen LogP contribution in [0.2, 0.25) is 0 Å². The molecule has 1 N–H and O–H groups in total. The van der Waals surface area contributed by atoms with Gasteiger partial charge in [0.15, 0.2) is 0 Å². The molecule has 0 amide bonds. The molecule has 0 atom stereocenters. The highest BCUT2D eigenvalue weighted by Gasteiger charge is 2.26. The first-order valence-electron chi connectivity index (χ1n) is 8.45. The van der Waals surface area contributed by atoms with Crippen molar-refractivity contribution in [1.29, 1.82) is 0 Å². The zero-order valence-corrected chi connectivity index (χ0v) is 13.6. The van der Waals surface area contributed by atoms with Gasteiger partial charge in [-0.3, -0.25) is 9.69 Å². The highest BCUT2D eigenvalue weighted by atomic mass is 16.1. The van der Waals surface area contributed by atoms with Gasteiger partial charge < -0.3 is 9.88 Å². The van der Waals surface area contributed by atoms with Crippen LogP contribution in [0.3, 0.4) is 0 Å². The van der Waals surface area contributed by atoms with E-state index in [1.807, 2.05) is 12.3 Å².